The molecule has 0 radical (unpaired) electrons. The zero-order valence-corrected chi connectivity index (χ0v) is 12.2. The molecular formula is C14H19N5O2. The molecule has 2 aromatic rings. The van der Waals surface area contributed by atoms with E-state index in [4.69, 9.17) is 4.74 Å². The van der Waals surface area contributed by atoms with Crippen LogP contribution in [0, 0.1) is 0 Å². The average Bonchev–Trinajstić information content (AvgIpc) is 3.12. The maximum atomic E-state index is 11.8. The maximum absolute atomic E-state index is 11.8. The standard InChI is InChI=1S/C14H19N5O2/c1-3-18-9-12(7-15-18)5-6-14(20)17-13-8-16-19(10-13)11-21-4-2/h5-10H,3-4,11H2,1-2H3,(H,17,20)/b6-5+. The number of carbonyl (C=O) groups is 1. The van der Waals surface area contributed by atoms with Gasteiger partial charge in [0.1, 0.15) is 6.73 Å². The first-order chi connectivity index (χ1) is 10.2. The number of aryl methyl sites for hydroxylation is 1. The van der Waals surface area contributed by atoms with Gasteiger partial charge in [-0.05, 0) is 19.9 Å². The Hall–Kier alpha value is -2.41. The van der Waals surface area contributed by atoms with Crippen molar-refractivity contribution in [3.63, 3.8) is 0 Å². The summed E-state index contributed by atoms with van der Waals surface area (Å²) in [5, 5.41) is 11.0. The molecule has 0 bridgehead atoms. The number of rotatable bonds is 7. The molecule has 21 heavy (non-hydrogen) atoms. The first-order valence-electron chi connectivity index (χ1n) is 6.83. The monoisotopic (exact) mass is 289 g/mol. The second kappa shape index (κ2) is 7.39. The first kappa shape index (κ1) is 15.0. The quantitative estimate of drug-likeness (QED) is 0.788. The smallest absolute Gasteiger partial charge is 0.248 e. The van der Waals surface area contributed by atoms with E-state index in [9.17, 15) is 4.79 Å². The molecule has 0 atom stereocenters. The Morgan fingerprint density at radius 1 is 1.29 bits per heavy atom. The Bertz CT molecular complexity index is 614. The number of nitrogens with zero attached hydrogens (tertiary/aromatic N) is 4. The number of ether oxygens (including phenoxy) is 1. The van der Waals surface area contributed by atoms with E-state index >= 15 is 0 Å². The van der Waals surface area contributed by atoms with Crippen molar-refractivity contribution in [3.05, 3.63) is 36.4 Å². The van der Waals surface area contributed by atoms with Crippen molar-refractivity contribution in [2.75, 3.05) is 11.9 Å². The van der Waals surface area contributed by atoms with E-state index in [1.54, 1.807) is 34.0 Å². The minimum Gasteiger partial charge on any atom is -0.360 e. The highest BCUT2D eigenvalue weighted by atomic mass is 16.5. The van der Waals surface area contributed by atoms with Crippen LogP contribution in [0.25, 0.3) is 6.08 Å². The van der Waals surface area contributed by atoms with Crippen LogP contribution >= 0.6 is 0 Å². The minimum absolute atomic E-state index is 0.213. The molecule has 0 aliphatic heterocycles. The van der Waals surface area contributed by atoms with Gasteiger partial charge in [-0.25, -0.2) is 4.68 Å². The summed E-state index contributed by atoms with van der Waals surface area (Å²) in [6.07, 6.45) is 10.1. The van der Waals surface area contributed by atoms with Gasteiger partial charge in [0, 0.05) is 31.0 Å². The third-order valence-corrected chi connectivity index (χ3v) is 2.73. The van der Waals surface area contributed by atoms with E-state index in [0.29, 0.717) is 19.0 Å². The van der Waals surface area contributed by atoms with Crippen molar-refractivity contribution >= 4 is 17.7 Å². The molecule has 112 valence electrons. The van der Waals surface area contributed by atoms with Crippen LogP contribution in [0.4, 0.5) is 5.69 Å². The van der Waals surface area contributed by atoms with Gasteiger partial charge in [-0.1, -0.05) is 0 Å². The zero-order chi connectivity index (χ0) is 15.1. The number of amides is 1. The molecule has 1 amide bonds. The summed E-state index contributed by atoms with van der Waals surface area (Å²) in [4.78, 5) is 11.8. The summed E-state index contributed by atoms with van der Waals surface area (Å²) >= 11 is 0. The zero-order valence-electron chi connectivity index (χ0n) is 12.2. The van der Waals surface area contributed by atoms with Gasteiger partial charge in [-0.15, -0.1) is 0 Å². The lowest BCUT2D eigenvalue weighted by Gasteiger charge is -1.99. The fraction of sp³-hybridized carbons (Fsp3) is 0.357. The highest BCUT2D eigenvalue weighted by Gasteiger charge is 2.02. The van der Waals surface area contributed by atoms with E-state index in [1.165, 1.54) is 6.08 Å². The fourth-order valence-corrected chi connectivity index (χ4v) is 1.68. The van der Waals surface area contributed by atoms with Crippen LogP contribution in [-0.4, -0.2) is 32.1 Å². The first-order valence-corrected chi connectivity index (χ1v) is 6.83. The molecular weight excluding hydrogens is 270 g/mol. The molecule has 0 saturated heterocycles. The number of nitrogens with one attached hydrogen (secondary N) is 1. The minimum atomic E-state index is -0.213. The summed E-state index contributed by atoms with van der Waals surface area (Å²) < 4.78 is 8.64. The molecule has 0 fully saturated rings. The van der Waals surface area contributed by atoms with Crippen molar-refractivity contribution in [2.24, 2.45) is 0 Å². The lowest BCUT2D eigenvalue weighted by molar-refractivity contribution is -0.111. The Morgan fingerprint density at radius 2 is 2.10 bits per heavy atom. The number of aromatic nitrogens is 4. The number of carbonyl (C=O) groups excluding carboxylic acids is 1. The van der Waals surface area contributed by atoms with Crippen molar-refractivity contribution in [1.29, 1.82) is 0 Å². The van der Waals surface area contributed by atoms with Crippen LogP contribution in [0.15, 0.2) is 30.9 Å². The summed E-state index contributed by atoms with van der Waals surface area (Å²) in [7, 11) is 0. The predicted molar refractivity (Wildman–Crippen MR) is 79.4 cm³/mol. The lowest BCUT2D eigenvalue weighted by Crippen LogP contribution is -2.07. The van der Waals surface area contributed by atoms with Gasteiger partial charge < -0.3 is 10.1 Å². The van der Waals surface area contributed by atoms with E-state index in [2.05, 4.69) is 15.5 Å². The second-order valence-electron chi connectivity index (χ2n) is 4.34. The van der Waals surface area contributed by atoms with E-state index in [0.717, 1.165) is 12.1 Å². The van der Waals surface area contributed by atoms with E-state index in [1.807, 2.05) is 20.0 Å². The molecule has 0 spiro atoms. The molecule has 7 nitrogen and oxygen atoms in total. The van der Waals surface area contributed by atoms with Crippen LogP contribution in [0.1, 0.15) is 19.4 Å². The topological polar surface area (TPSA) is 74.0 Å². The van der Waals surface area contributed by atoms with Crippen LogP contribution < -0.4 is 5.32 Å². The normalized spacial score (nSPS) is 11.1. The van der Waals surface area contributed by atoms with Crippen molar-refractivity contribution in [2.45, 2.75) is 27.1 Å². The molecule has 0 aliphatic carbocycles. The number of anilines is 1. The summed E-state index contributed by atoms with van der Waals surface area (Å²) in [6, 6.07) is 0. The van der Waals surface area contributed by atoms with Gasteiger partial charge >= 0.3 is 0 Å². The Morgan fingerprint density at radius 3 is 2.81 bits per heavy atom. The van der Waals surface area contributed by atoms with Gasteiger partial charge in [0.2, 0.25) is 5.91 Å². The largest absolute Gasteiger partial charge is 0.360 e. The van der Waals surface area contributed by atoms with Gasteiger partial charge in [-0.2, -0.15) is 10.2 Å². The Kier molecular flexibility index (Phi) is 5.28. The summed E-state index contributed by atoms with van der Waals surface area (Å²) in [6.45, 7) is 5.72. The Labute approximate surface area is 123 Å². The van der Waals surface area contributed by atoms with Crippen LogP contribution in [0.3, 0.4) is 0 Å². The molecule has 0 aromatic carbocycles. The van der Waals surface area contributed by atoms with Crippen LogP contribution in [0.2, 0.25) is 0 Å². The summed E-state index contributed by atoms with van der Waals surface area (Å²) in [5.74, 6) is -0.213. The van der Waals surface area contributed by atoms with Gasteiger partial charge in [-0.3, -0.25) is 9.48 Å². The third-order valence-electron chi connectivity index (χ3n) is 2.73. The molecule has 1 N–H and O–H groups in total. The predicted octanol–water partition coefficient (Wildman–Crippen LogP) is 1.75. The van der Waals surface area contributed by atoms with Crippen molar-refractivity contribution in [3.8, 4) is 0 Å². The Balaban J connectivity index is 1.87. The lowest BCUT2D eigenvalue weighted by atomic mass is 10.3. The second-order valence-corrected chi connectivity index (χ2v) is 4.34. The highest BCUT2D eigenvalue weighted by molar-refractivity contribution is 6.01. The fourth-order valence-electron chi connectivity index (χ4n) is 1.68. The average molecular weight is 289 g/mol. The molecule has 2 rings (SSSR count). The third kappa shape index (κ3) is 4.57. The van der Waals surface area contributed by atoms with Crippen LogP contribution in [0.5, 0.6) is 0 Å². The van der Waals surface area contributed by atoms with Gasteiger partial charge in [0.05, 0.1) is 24.3 Å². The van der Waals surface area contributed by atoms with Crippen molar-refractivity contribution < 1.29 is 9.53 Å². The van der Waals surface area contributed by atoms with E-state index < -0.39 is 0 Å². The summed E-state index contributed by atoms with van der Waals surface area (Å²) in [5.41, 5.74) is 1.52. The molecule has 0 saturated carbocycles. The highest BCUT2D eigenvalue weighted by Crippen LogP contribution is 2.06. The molecule has 0 unspecified atom stereocenters. The molecule has 2 aromatic heterocycles. The number of hydrogen-bond donors (Lipinski definition) is 1. The number of hydrogen-bond acceptors (Lipinski definition) is 4. The SMILES string of the molecule is CCOCn1cc(NC(=O)/C=C/c2cnn(CC)c2)cn1. The van der Waals surface area contributed by atoms with Crippen molar-refractivity contribution in [1.82, 2.24) is 19.6 Å². The van der Waals surface area contributed by atoms with Gasteiger partial charge in [0.25, 0.3) is 0 Å². The maximum Gasteiger partial charge on any atom is 0.248 e. The molecule has 0 aliphatic rings. The van der Waals surface area contributed by atoms with E-state index in [-0.39, 0.29) is 5.91 Å². The van der Waals surface area contributed by atoms with Gasteiger partial charge in [0.15, 0.2) is 0 Å². The molecule has 2 heterocycles. The molecule has 7 heteroatoms. The van der Waals surface area contributed by atoms with Crippen LogP contribution in [-0.2, 0) is 22.8 Å².